The normalized spacial score (nSPS) is 15.4. The Bertz CT molecular complexity index is 1930. The van der Waals surface area contributed by atoms with Crippen LogP contribution in [0.3, 0.4) is 0 Å². The van der Waals surface area contributed by atoms with Crippen LogP contribution in [-0.2, 0) is 16.6 Å². The van der Waals surface area contributed by atoms with Gasteiger partial charge in [-0.1, -0.05) is 72.0 Å². The highest BCUT2D eigenvalue weighted by molar-refractivity contribution is 7.07. The number of esters is 1. The number of para-hydroxylation sites is 1. The van der Waals surface area contributed by atoms with Gasteiger partial charge >= 0.3 is 5.97 Å². The Labute approximate surface area is 227 Å². The second kappa shape index (κ2) is 9.96. The van der Waals surface area contributed by atoms with Crippen LogP contribution in [0.4, 0.5) is 4.39 Å². The Morgan fingerprint density at radius 1 is 1.05 bits per heavy atom. The largest absolute Gasteiger partial charge is 0.463 e. The van der Waals surface area contributed by atoms with Crippen LogP contribution in [0.25, 0.3) is 22.7 Å². The summed E-state index contributed by atoms with van der Waals surface area (Å²) in [7, 11) is 1.97. The van der Waals surface area contributed by atoms with Gasteiger partial charge in [-0.25, -0.2) is 14.2 Å². The van der Waals surface area contributed by atoms with Gasteiger partial charge < -0.3 is 9.30 Å². The van der Waals surface area contributed by atoms with E-state index in [1.807, 2.05) is 78.5 Å². The third-order valence-corrected chi connectivity index (χ3v) is 7.76. The van der Waals surface area contributed by atoms with Crippen LogP contribution in [0.1, 0.15) is 29.7 Å². The summed E-state index contributed by atoms with van der Waals surface area (Å²) >= 11 is 1.26. The van der Waals surface area contributed by atoms with Crippen molar-refractivity contribution in [2.75, 3.05) is 6.61 Å². The van der Waals surface area contributed by atoms with Crippen molar-refractivity contribution in [3.8, 4) is 0 Å². The van der Waals surface area contributed by atoms with Crippen LogP contribution in [-0.4, -0.2) is 21.7 Å². The fourth-order valence-electron chi connectivity index (χ4n) is 5.03. The summed E-state index contributed by atoms with van der Waals surface area (Å²) in [5.41, 5.74) is 3.65. The number of halogens is 1. The number of carbonyl (C=O) groups excluding carboxylic acids is 1. The molecule has 0 saturated carbocycles. The van der Waals surface area contributed by atoms with Crippen LogP contribution < -0.4 is 14.9 Å². The summed E-state index contributed by atoms with van der Waals surface area (Å²) in [5, 5.41) is 1.03. The molecule has 5 aromatic rings. The highest BCUT2D eigenvalue weighted by Crippen LogP contribution is 2.35. The van der Waals surface area contributed by atoms with Crippen molar-refractivity contribution in [3.05, 3.63) is 133 Å². The van der Waals surface area contributed by atoms with E-state index in [2.05, 4.69) is 0 Å². The Morgan fingerprint density at radius 3 is 2.51 bits per heavy atom. The summed E-state index contributed by atoms with van der Waals surface area (Å²) < 4.78 is 23.4. The maximum absolute atomic E-state index is 14.0. The van der Waals surface area contributed by atoms with E-state index in [1.165, 1.54) is 28.0 Å². The van der Waals surface area contributed by atoms with E-state index in [0.29, 0.717) is 20.6 Å². The number of hydrogen-bond acceptors (Lipinski definition) is 5. The molecule has 194 valence electrons. The van der Waals surface area contributed by atoms with Gasteiger partial charge in [-0.2, -0.15) is 0 Å². The lowest BCUT2D eigenvalue weighted by Crippen LogP contribution is -2.40. The Hall–Kier alpha value is -4.56. The zero-order valence-corrected chi connectivity index (χ0v) is 22.1. The predicted molar refractivity (Wildman–Crippen MR) is 150 cm³/mol. The molecule has 6 rings (SSSR count). The van der Waals surface area contributed by atoms with E-state index in [1.54, 1.807) is 19.1 Å². The Kier molecular flexibility index (Phi) is 6.32. The highest BCUT2D eigenvalue weighted by atomic mass is 32.1. The number of carbonyl (C=O) groups is 1. The number of aromatic nitrogens is 2. The molecular weight excluding hydrogens is 513 g/mol. The van der Waals surface area contributed by atoms with Crippen molar-refractivity contribution < 1.29 is 13.9 Å². The van der Waals surface area contributed by atoms with E-state index in [-0.39, 0.29) is 17.7 Å². The van der Waals surface area contributed by atoms with Gasteiger partial charge in [0, 0.05) is 35.3 Å². The molecule has 0 spiro atoms. The number of fused-ring (bicyclic) bond motifs is 2. The highest BCUT2D eigenvalue weighted by Gasteiger charge is 2.35. The molecule has 0 saturated heterocycles. The smallest absolute Gasteiger partial charge is 0.338 e. The first-order chi connectivity index (χ1) is 19.0. The lowest BCUT2D eigenvalue weighted by molar-refractivity contribution is -0.138. The predicted octanol–water partition coefficient (Wildman–Crippen LogP) is 4.57. The van der Waals surface area contributed by atoms with Crippen molar-refractivity contribution in [3.63, 3.8) is 0 Å². The van der Waals surface area contributed by atoms with Gasteiger partial charge in [-0.15, -0.1) is 0 Å². The lowest BCUT2D eigenvalue weighted by Gasteiger charge is -2.25. The topological polar surface area (TPSA) is 65.6 Å². The maximum atomic E-state index is 14.0. The van der Waals surface area contributed by atoms with Crippen LogP contribution in [0.5, 0.6) is 0 Å². The molecule has 0 N–H and O–H groups in total. The first kappa shape index (κ1) is 24.8. The molecule has 0 aliphatic carbocycles. The third kappa shape index (κ3) is 4.32. The molecule has 2 aromatic heterocycles. The van der Waals surface area contributed by atoms with E-state index in [0.717, 1.165) is 22.0 Å². The summed E-state index contributed by atoms with van der Waals surface area (Å²) in [6.45, 7) is 1.89. The van der Waals surface area contributed by atoms with Crippen molar-refractivity contribution in [1.82, 2.24) is 9.13 Å². The van der Waals surface area contributed by atoms with E-state index < -0.39 is 17.8 Å². The number of rotatable bonds is 5. The molecule has 8 heteroatoms. The van der Waals surface area contributed by atoms with Crippen LogP contribution in [0, 0.1) is 5.82 Å². The number of benzene rings is 3. The van der Waals surface area contributed by atoms with Crippen LogP contribution >= 0.6 is 11.3 Å². The molecule has 3 aromatic carbocycles. The van der Waals surface area contributed by atoms with Gasteiger partial charge in [-0.3, -0.25) is 9.36 Å². The summed E-state index contributed by atoms with van der Waals surface area (Å²) in [6.07, 6.45) is 3.85. The minimum absolute atomic E-state index is 0.159. The minimum atomic E-state index is -0.842. The first-order valence-electron chi connectivity index (χ1n) is 12.5. The quantitative estimate of drug-likeness (QED) is 0.309. The van der Waals surface area contributed by atoms with Crippen LogP contribution in [0.15, 0.2) is 100 Å². The van der Waals surface area contributed by atoms with E-state index >= 15 is 0 Å². The van der Waals surface area contributed by atoms with Crippen molar-refractivity contribution in [1.29, 1.82) is 0 Å². The number of ether oxygens (including phenoxy) is 1. The molecule has 1 aliphatic heterocycles. The van der Waals surface area contributed by atoms with Crippen molar-refractivity contribution in [2.45, 2.75) is 13.0 Å². The number of hydrogen-bond donors (Lipinski definition) is 0. The van der Waals surface area contributed by atoms with E-state index in [4.69, 9.17) is 9.73 Å². The van der Waals surface area contributed by atoms with Gasteiger partial charge in [0.15, 0.2) is 4.80 Å². The molecule has 39 heavy (non-hydrogen) atoms. The maximum Gasteiger partial charge on any atom is 0.338 e. The van der Waals surface area contributed by atoms with Crippen molar-refractivity contribution >= 4 is 40.0 Å². The minimum Gasteiger partial charge on any atom is -0.463 e. The summed E-state index contributed by atoms with van der Waals surface area (Å²) in [5.74, 6) is -0.982. The Morgan fingerprint density at radius 2 is 1.77 bits per heavy atom. The van der Waals surface area contributed by atoms with Gasteiger partial charge in [0.1, 0.15) is 5.82 Å². The standard InChI is InChI=1S/C31H24FN3O3S/c1-3-38-30(37)26-27(19-9-5-4-6-10-19)33-31-35(28(26)20-13-15-22(32)16-14-20)29(36)25(39-31)17-21-18-34(2)24-12-8-7-11-23(21)24/h4-18,28H,3H2,1-2H3/b25-17-/t28-/m1/s1. The average Bonchev–Trinajstić information content (AvgIpc) is 3.44. The molecule has 0 amide bonds. The molecule has 1 atom stereocenters. The molecule has 0 unspecified atom stereocenters. The molecule has 1 aliphatic rings. The van der Waals surface area contributed by atoms with Gasteiger partial charge in [0.25, 0.3) is 5.56 Å². The molecule has 6 nitrogen and oxygen atoms in total. The number of nitrogens with zero attached hydrogens (tertiary/aromatic N) is 3. The first-order valence-corrected chi connectivity index (χ1v) is 13.4. The monoisotopic (exact) mass is 537 g/mol. The molecule has 0 fully saturated rings. The molecule has 0 bridgehead atoms. The Balaban J connectivity index is 1.66. The zero-order valence-electron chi connectivity index (χ0n) is 21.3. The van der Waals surface area contributed by atoms with Crippen molar-refractivity contribution in [2.24, 2.45) is 12.0 Å². The average molecular weight is 538 g/mol. The van der Waals surface area contributed by atoms with Gasteiger partial charge in [0.05, 0.1) is 28.5 Å². The lowest BCUT2D eigenvalue weighted by atomic mass is 9.93. The molecule has 3 heterocycles. The fraction of sp³-hybridized carbons (Fsp3) is 0.129. The van der Waals surface area contributed by atoms with Gasteiger partial charge in [0.2, 0.25) is 0 Å². The number of thiazole rings is 1. The zero-order chi connectivity index (χ0) is 27.1. The second-order valence-electron chi connectivity index (χ2n) is 9.20. The van der Waals surface area contributed by atoms with Gasteiger partial charge in [-0.05, 0) is 36.8 Å². The summed E-state index contributed by atoms with van der Waals surface area (Å²) in [6, 6.07) is 22.3. The number of aryl methyl sites for hydroxylation is 1. The fourth-order valence-corrected chi connectivity index (χ4v) is 6.02. The second-order valence-corrected chi connectivity index (χ2v) is 10.2. The molecule has 0 radical (unpaired) electrons. The summed E-state index contributed by atoms with van der Waals surface area (Å²) in [4.78, 5) is 32.8. The van der Waals surface area contributed by atoms with Crippen LogP contribution in [0.2, 0.25) is 0 Å². The SMILES string of the molecule is CCOC(=O)C1=C(c2ccccc2)N=c2s/c(=C\c3cn(C)c4ccccc34)c(=O)n2[C@@H]1c1ccc(F)cc1. The third-order valence-electron chi connectivity index (χ3n) is 6.77. The van der Waals surface area contributed by atoms with E-state index in [9.17, 15) is 14.0 Å². The molecular formula is C31H24FN3O3S.